The van der Waals surface area contributed by atoms with Crippen LogP contribution in [0, 0.1) is 5.82 Å². The number of nitrogens with one attached hydrogen (secondary N) is 1. The fourth-order valence-corrected chi connectivity index (χ4v) is 3.00. The average Bonchev–Trinajstić information content (AvgIpc) is 2.88. The van der Waals surface area contributed by atoms with Crippen molar-refractivity contribution >= 4 is 0 Å². The number of hydrogen-bond donors (Lipinski definition) is 2. The summed E-state index contributed by atoms with van der Waals surface area (Å²) < 4.78 is 18.5. The number of halogens is 1. The van der Waals surface area contributed by atoms with Crippen molar-refractivity contribution in [2.75, 3.05) is 14.1 Å². The standard InChI is InChI=1S/C17H22FN3O2/c1-21(2)10-15-14-8-13(5-6-17(14)23-20-15)19-9-11-3-4-12(18)7-16(11)22/h3-4,7,13,19,22H,5-6,8-10H2,1-2H3. The minimum atomic E-state index is -0.425. The fourth-order valence-electron chi connectivity index (χ4n) is 3.00. The van der Waals surface area contributed by atoms with Gasteiger partial charge in [-0.15, -0.1) is 0 Å². The minimum absolute atomic E-state index is 0.00715. The molecule has 0 spiro atoms. The molecule has 0 saturated heterocycles. The van der Waals surface area contributed by atoms with Crippen LogP contribution in [0.15, 0.2) is 22.7 Å². The summed E-state index contributed by atoms with van der Waals surface area (Å²) in [5, 5.41) is 17.4. The van der Waals surface area contributed by atoms with Crippen LogP contribution in [0.5, 0.6) is 5.75 Å². The maximum absolute atomic E-state index is 13.0. The van der Waals surface area contributed by atoms with Gasteiger partial charge in [-0.1, -0.05) is 11.2 Å². The quantitative estimate of drug-likeness (QED) is 0.885. The Morgan fingerprint density at radius 3 is 3.00 bits per heavy atom. The molecular weight excluding hydrogens is 297 g/mol. The Morgan fingerprint density at radius 1 is 1.43 bits per heavy atom. The highest BCUT2D eigenvalue weighted by Crippen LogP contribution is 2.26. The summed E-state index contributed by atoms with van der Waals surface area (Å²) in [7, 11) is 4.02. The SMILES string of the molecule is CN(C)Cc1noc2c1CC(NCc1ccc(F)cc1O)CC2. The molecule has 3 rings (SSSR count). The Morgan fingerprint density at radius 2 is 2.26 bits per heavy atom. The van der Waals surface area contributed by atoms with E-state index in [1.807, 2.05) is 14.1 Å². The Labute approximate surface area is 135 Å². The van der Waals surface area contributed by atoms with E-state index in [2.05, 4.69) is 15.4 Å². The van der Waals surface area contributed by atoms with Gasteiger partial charge in [0.2, 0.25) is 0 Å². The lowest BCUT2D eigenvalue weighted by atomic mass is 9.92. The van der Waals surface area contributed by atoms with E-state index < -0.39 is 5.82 Å². The van der Waals surface area contributed by atoms with Crippen LogP contribution < -0.4 is 5.32 Å². The molecule has 23 heavy (non-hydrogen) atoms. The van der Waals surface area contributed by atoms with Crippen LogP contribution in [0.3, 0.4) is 0 Å². The summed E-state index contributed by atoms with van der Waals surface area (Å²) in [4.78, 5) is 2.08. The first kappa shape index (κ1) is 16.0. The third kappa shape index (κ3) is 3.71. The lowest BCUT2D eigenvalue weighted by Gasteiger charge is -2.23. The van der Waals surface area contributed by atoms with Crippen LogP contribution in [-0.4, -0.2) is 35.3 Å². The first-order valence-corrected chi connectivity index (χ1v) is 7.84. The van der Waals surface area contributed by atoms with Crippen LogP contribution in [0.2, 0.25) is 0 Å². The van der Waals surface area contributed by atoms with Gasteiger partial charge in [0.15, 0.2) is 0 Å². The predicted molar refractivity (Wildman–Crippen MR) is 84.6 cm³/mol. The molecule has 1 aromatic heterocycles. The van der Waals surface area contributed by atoms with Crippen LogP contribution in [0.25, 0.3) is 0 Å². The molecular formula is C17H22FN3O2. The third-order valence-corrected chi connectivity index (χ3v) is 4.22. The van der Waals surface area contributed by atoms with Crippen molar-refractivity contribution in [3.05, 3.63) is 46.6 Å². The third-order valence-electron chi connectivity index (χ3n) is 4.22. The molecule has 0 aliphatic heterocycles. The highest BCUT2D eigenvalue weighted by Gasteiger charge is 2.25. The molecule has 1 atom stereocenters. The summed E-state index contributed by atoms with van der Waals surface area (Å²) in [5.74, 6) is 0.558. The summed E-state index contributed by atoms with van der Waals surface area (Å²) in [6.45, 7) is 1.28. The van der Waals surface area contributed by atoms with Crippen molar-refractivity contribution in [3.63, 3.8) is 0 Å². The number of rotatable bonds is 5. The number of hydrogen-bond acceptors (Lipinski definition) is 5. The van der Waals surface area contributed by atoms with Gasteiger partial charge in [-0.05, 0) is 33.0 Å². The van der Waals surface area contributed by atoms with Gasteiger partial charge >= 0.3 is 0 Å². The molecule has 0 bridgehead atoms. The number of fused-ring (bicyclic) bond motifs is 1. The van der Waals surface area contributed by atoms with Crippen molar-refractivity contribution < 1.29 is 14.0 Å². The van der Waals surface area contributed by atoms with Crippen molar-refractivity contribution in [1.29, 1.82) is 0 Å². The van der Waals surface area contributed by atoms with Crippen molar-refractivity contribution in [3.8, 4) is 5.75 Å². The molecule has 1 unspecified atom stereocenters. The van der Waals surface area contributed by atoms with Gasteiger partial charge in [0.25, 0.3) is 0 Å². The molecule has 1 aliphatic carbocycles. The number of aryl methyl sites for hydroxylation is 1. The van der Waals surface area contributed by atoms with Crippen molar-refractivity contribution in [2.24, 2.45) is 0 Å². The van der Waals surface area contributed by atoms with Gasteiger partial charge in [0.1, 0.15) is 23.0 Å². The van der Waals surface area contributed by atoms with E-state index >= 15 is 0 Å². The summed E-state index contributed by atoms with van der Waals surface area (Å²) in [5.41, 5.74) is 2.91. The van der Waals surface area contributed by atoms with Crippen LogP contribution >= 0.6 is 0 Å². The second-order valence-corrected chi connectivity index (χ2v) is 6.36. The molecule has 0 fully saturated rings. The molecule has 1 aromatic carbocycles. The zero-order valence-electron chi connectivity index (χ0n) is 13.5. The lowest BCUT2D eigenvalue weighted by Crippen LogP contribution is -2.34. The van der Waals surface area contributed by atoms with E-state index in [0.717, 1.165) is 43.3 Å². The maximum atomic E-state index is 13.0. The number of phenols is 1. The van der Waals surface area contributed by atoms with Crippen LogP contribution in [0.1, 0.15) is 29.0 Å². The maximum Gasteiger partial charge on any atom is 0.140 e. The monoisotopic (exact) mass is 319 g/mol. The predicted octanol–water partition coefficient (Wildman–Crippen LogP) is 2.23. The van der Waals surface area contributed by atoms with Gasteiger partial charge in [0.05, 0.1) is 0 Å². The van der Waals surface area contributed by atoms with E-state index in [-0.39, 0.29) is 5.75 Å². The van der Waals surface area contributed by atoms with Gasteiger partial charge in [0, 0.05) is 42.7 Å². The highest BCUT2D eigenvalue weighted by atomic mass is 19.1. The summed E-state index contributed by atoms with van der Waals surface area (Å²) in [6, 6.07) is 4.42. The minimum Gasteiger partial charge on any atom is -0.508 e. The molecule has 0 amide bonds. The molecule has 2 N–H and O–H groups in total. The Kier molecular flexibility index (Phi) is 4.63. The van der Waals surface area contributed by atoms with Gasteiger partial charge in [-0.2, -0.15) is 0 Å². The average molecular weight is 319 g/mol. The largest absolute Gasteiger partial charge is 0.508 e. The van der Waals surface area contributed by atoms with Gasteiger partial charge < -0.3 is 19.8 Å². The topological polar surface area (TPSA) is 61.5 Å². The van der Waals surface area contributed by atoms with E-state index in [0.29, 0.717) is 18.2 Å². The molecule has 5 nitrogen and oxygen atoms in total. The molecule has 2 aromatic rings. The van der Waals surface area contributed by atoms with Crippen molar-refractivity contribution in [1.82, 2.24) is 15.4 Å². The number of benzene rings is 1. The first-order valence-electron chi connectivity index (χ1n) is 7.84. The zero-order valence-corrected chi connectivity index (χ0v) is 13.5. The van der Waals surface area contributed by atoms with Gasteiger partial charge in [-0.3, -0.25) is 0 Å². The summed E-state index contributed by atoms with van der Waals surface area (Å²) in [6.07, 6.45) is 2.69. The molecule has 6 heteroatoms. The van der Waals surface area contributed by atoms with Crippen LogP contribution in [-0.2, 0) is 25.9 Å². The zero-order chi connectivity index (χ0) is 16.4. The molecule has 1 heterocycles. The van der Waals surface area contributed by atoms with E-state index in [4.69, 9.17) is 4.52 Å². The first-order chi connectivity index (χ1) is 11.0. The van der Waals surface area contributed by atoms with E-state index in [9.17, 15) is 9.50 Å². The Balaban J connectivity index is 1.64. The van der Waals surface area contributed by atoms with E-state index in [1.54, 1.807) is 6.07 Å². The second kappa shape index (κ2) is 6.68. The highest BCUT2D eigenvalue weighted by molar-refractivity contribution is 5.33. The number of aromatic hydroxyl groups is 1. The number of aromatic nitrogens is 1. The molecule has 1 aliphatic rings. The summed E-state index contributed by atoms with van der Waals surface area (Å²) >= 11 is 0. The van der Waals surface area contributed by atoms with E-state index in [1.165, 1.54) is 11.6 Å². The lowest BCUT2D eigenvalue weighted by molar-refractivity contribution is 0.339. The Hall–Kier alpha value is -1.92. The van der Waals surface area contributed by atoms with Gasteiger partial charge in [-0.25, -0.2) is 4.39 Å². The number of nitrogens with zero attached hydrogens (tertiary/aromatic N) is 2. The number of phenolic OH excluding ortho intramolecular Hbond substituents is 1. The second-order valence-electron chi connectivity index (χ2n) is 6.36. The van der Waals surface area contributed by atoms with Crippen molar-refractivity contribution in [2.45, 2.75) is 38.4 Å². The van der Waals surface area contributed by atoms with Crippen LogP contribution in [0.4, 0.5) is 4.39 Å². The normalized spacial score (nSPS) is 17.5. The molecule has 0 radical (unpaired) electrons. The molecule has 124 valence electrons. The fraction of sp³-hybridized carbons (Fsp3) is 0.471. The molecule has 0 saturated carbocycles. The smallest absolute Gasteiger partial charge is 0.140 e. The Bertz CT molecular complexity index is 684.